The van der Waals surface area contributed by atoms with Gasteiger partial charge in [0.2, 0.25) is 0 Å². The lowest BCUT2D eigenvalue weighted by atomic mass is 9.91. The largest absolute Gasteiger partial charge is 0.506 e. The van der Waals surface area contributed by atoms with Gasteiger partial charge in [0.05, 0.1) is 5.69 Å². The van der Waals surface area contributed by atoms with Crippen molar-refractivity contribution in [2.24, 2.45) is 0 Å². The fourth-order valence-corrected chi connectivity index (χ4v) is 2.91. The molecule has 5 nitrogen and oxygen atoms in total. The van der Waals surface area contributed by atoms with Crippen molar-refractivity contribution in [3.8, 4) is 17.2 Å². The Kier molecular flexibility index (Phi) is 4.08. The predicted molar refractivity (Wildman–Crippen MR) is 80.9 cm³/mol. The quantitative estimate of drug-likeness (QED) is 0.647. The first kappa shape index (κ1) is 13.9. The molecule has 1 heterocycles. The number of hydrogen-bond acceptors (Lipinski definition) is 5. The second-order valence-electron chi connectivity index (χ2n) is 5.77. The molecule has 0 unspecified atom stereocenters. The van der Waals surface area contributed by atoms with Gasteiger partial charge < -0.3 is 15.4 Å². The van der Waals surface area contributed by atoms with Crippen molar-refractivity contribution in [1.29, 1.82) is 0 Å². The lowest BCUT2D eigenvalue weighted by Crippen LogP contribution is -2.04. The monoisotopic (exact) mass is 287 g/mol. The van der Waals surface area contributed by atoms with E-state index >= 15 is 0 Å². The molecule has 1 aromatic heterocycles. The zero-order chi connectivity index (χ0) is 14.7. The van der Waals surface area contributed by atoms with Crippen LogP contribution >= 0.6 is 0 Å². The van der Waals surface area contributed by atoms with E-state index in [0.717, 1.165) is 18.7 Å². The molecule has 3 N–H and O–H groups in total. The zero-order valence-corrected chi connectivity index (χ0v) is 12.1. The summed E-state index contributed by atoms with van der Waals surface area (Å²) in [6, 6.07) is 4.99. The minimum absolute atomic E-state index is 0.0400. The summed E-state index contributed by atoms with van der Waals surface area (Å²) in [6.45, 7) is 0. The molecule has 0 aliphatic heterocycles. The number of nitrogens with zero attached hydrogens (tertiary/aromatic N) is 2. The van der Waals surface area contributed by atoms with Gasteiger partial charge in [-0.05, 0) is 31.0 Å². The van der Waals surface area contributed by atoms with Crippen LogP contribution in [0.2, 0.25) is 0 Å². The number of phenols is 1. The molecular weight excluding hydrogens is 266 g/mol. The lowest BCUT2D eigenvalue weighted by molar-refractivity contribution is 0.393. The number of hydrogen-bond donors (Lipinski definition) is 2. The van der Waals surface area contributed by atoms with Crippen LogP contribution in [-0.4, -0.2) is 15.2 Å². The predicted octanol–water partition coefficient (Wildman–Crippen LogP) is 3.85. The van der Waals surface area contributed by atoms with Crippen LogP contribution in [0, 0.1) is 0 Å². The summed E-state index contributed by atoms with van der Waals surface area (Å²) in [5, 5.41) is 13.8. The van der Waals surface area contributed by atoms with Crippen LogP contribution in [-0.2, 0) is 0 Å². The molecule has 21 heavy (non-hydrogen) atoms. The highest BCUT2D eigenvalue weighted by atomic mass is 16.5. The van der Waals surface area contributed by atoms with Crippen molar-refractivity contribution in [2.75, 3.05) is 5.73 Å². The van der Waals surface area contributed by atoms with Crippen LogP contribution in [0.3, 0.4) is 0 Å². The van der Waals surface area contributed by atoms with Crippen LogP contribution in [0.4, 0.5) is 5.69 Å². The SMILES string of the molecule is Nc1ccc(-c2nc(C3CCCCCCC3)no2)cc1O. The Morgan fingerprint density at radius 2 is 1.81 bits per heavy atom. The average molecular weight is 287 g/mol. The lowest BCUT2D eigenvalue weighted by Gasteiger charge is -2.15. The van der Waals surface area contributed by atoms with E-state index in [2.05, 4.69) is 10.1 Å². The van der Waals surface area contributed by atoms with Crippen LogP contribution in [0.15, 0.2) is 22.7 Å². The number of anilines is 1. The van der Waals surface area contributed by atoms with Crippen molar-refractivity contribution in [3.63, 3.8) is 0 Å². The molecule has 1 aliphatic rings. The number of nitrogens with two attached hydrogens (primary N) is 1. The summed E-state index contributed by atoms with van der Waals surface area (Å²) in [4.78, 5) is 4.52. The molecule has 0 atom stereocenters. The van der Waals surface area contributed by atoms with Crippen molar-refractivity contribution >= 4 is 5.69 Å². The molecule has 0 spiro atoms. The third kappa shape index (κ3) is 3.17. The summed E-state index contributed by atoms with van der Waals surface area (Å²) < 4.78 is 5.36. The van der Waals surface area contributed by atoms with Crippen molar-refractivity contribution in [1.82, 2.24) is 10.1 Å². The Morgan fingerprint density at radius 1 is 1.10 bits per heavy atom. The van der Waals surface area contributed by atoms with Gasteiger partial charge in [-0.1, -0.05) is 37.3 Å². The molecule has 1 fully saturated rings. The molecular formula is C16H21N3O2. The summed E-state index contributed by atoms with van der Waals surface area (Å²) in [6.07, 6.45) is 8.67. The maximum atomic E-state index is 9.67. The van der Waals surface area contributed by atoms with Crippen LogP contribution in [0.25, 0.3) is 11.5 Å². The highest BCUT2D eigenvalue weighted by Gasteiger charge is 2.20. The highest BCUT2D eigenvalue weighted by Crippen LogP contribution is 2.32. The Balaban J connectivity index is 1.79. The van der Waals surface area contributed by atoms with Gasteiger partial charge in [-0.2, -0.15) is 4.98 Å². The Bertz CT molecular complexity index is 601. The Morgan fingerprint density at radius 3 is 2.52 bits per heavy atom. The van der Waals surface area contributed by atoms with Gasteiger partial charge in [-0.15, -0.1) is 0 Å². The minimum atomic E-state index is 0.0400. The Labute approximate surface area is 124 Å². The maximum absolute atomic E-state index is 9.67. The average Bonchev–Trinajstić information content (AvgIpc) is 2.91. The summed E-state index contributed by atoms with van der Waals surface area (Å²) >= 11 is 0. The fraction of sp³-hybridized carbons (Fsp3) is 0.500. The molecule has 5 heteroatoms. The first-order valence-electron chi connectivity index (χ1n) is 7.66. The van der Waals surface area contributed by atoms with E-state index < -0.39 is 0 Å². The van der Waals surface area contributed by atoms with E-state index in [1.165, 1.54) is 32.1 Å². The van der Waals surface area contributed by atoms with E-state index in [-0.39, 0.29) is 5.75 Å². The summed E-state index contributed by atoms with van der Waals surface area (Å²) in [7, 11) is 0. The normalized spacial score (nSPS) is 17.3. The van der Waals surface area contributed by atoms with Gasteiger partial charge in [0.25, 0.3) is 5.89 Å². The molecule has 2 aromatic rings. The van der Waals surface area contributed by atoms with Gasteiger partial charge >= 0.3 is 0 Å². The Hall–Kier alpha value is -2.04. The number of aromatic hydroxyl groups is 1. The molecule has 1 aromatic carbocycles. The number of nitrogen functional groups attached to an aromatic ring is 1. The van der Waals surface area contributed by atoms with Gasteiger partial charge in [0.1, 0.15) is 5.75 Å². The number of phenolic OH excluding ortho intramolecular Hbond substituents is 1. The summed E-state index contributed by atoms with van der Waals surface area (Å²) in [5.41, 5.74) is 6.65. The molecule has 1 aliphatic carbocycles. The first-order chi connectivity index (χ1) is 10.2. The molecule has 3 rings (SSSR count). The number of rotatable bonds is 2. The van der Waals surface area contributed by atoms with Crippen molar-refractivity contribution < 1.29 is 9.63 Å². The second kappa shape index (κ2) is 6.16. The highest BCUT2D eigenvalue weighted by molar-refractivity contribution is 5.63. The van der Waals surface area contributed by atoms with Crippen LogP contribution < -0.4 is 5.73 Å². The van der Waals surface area contributed by atoms with Crippen LogP contribution in [0.5, 0.6) is 5.75 Å². The topological polar surface area (TPSA) is 85.2 Å². The molecule has 0 radical (unpaired) electrons. The van der Waals surface area contributed by atoms with Gasteiger partial charge in [-0.3, -0.25) is 0 Å². The van der Waals surface area contributed by atoms with Gasteiger partial charge in [0.15, 0.2) is 5.82 Å². The zero-order valence-electron chi connectivity index (χ0n) is 12.1. The molecule has 0 saturated heterocycles. The molecule has 0 bridgehead atoms. The maximum Gasteiger partial charge on any atom is 0.258 e. The summed E-state index contributed by atoms with van der Waals surface area (Å²) in [5.74, 6) is 1.67. The van der Waals surface area contributed by atoms with E-state index in [4.69, 9.17) is 10.3 Å². The van der Waals surface area contributed by atoms with E-state index in [1.807, 2.05) is 0 Å². The molecule has 0 amide bonds. The van der Waals surface area contributed by atoms with E-state index in [0.29, 0.717) is 23.1 Å². The van der Waals surface area contributed by atoms with Crippen molar-refractivity contribution in [2.45, 2.75) is 50.9 Å². The van der Waals surface area contributed by atoms with Crippen molar-refractivity contribution in [3.05, 3.63) is 24.0 Å². The van der Waals surface area contributed by atoms with Crippen LogP contribution in [0.1, 0.15) is 56.7 Å². The number of aromatic nitrogens is 2. The molecule has 112 valence electrons. The third-order valence-electron chi connectivity index (χ3n) is 4.19. The second-order valence-corrected chi connectivity index (χ2v) is 5.77. The number of benzene rings is 1. The minimum Gasteiger partial charge on any atom is -0.506 e. The van der Waals surface area contributed by atoms with Gasteiger partial charge in [0, 0.05) is 11.5 Å². The third-order valence-corrected chi connectivity index (χ3v) is 4.19. The first-order valence-corrected chi connectivity index (χ1v) is 7.66. The fourth-order valence-electron chi connectivity index (χ4n) is 2.91. The van der Waals surface area contributed by atoms with E-state index in [1.54, 1.807) is 18.2 Å². The van der Waals surface area contributed by atoms with E-state index in [9.17, 15) is 5.11 Å². The molecule has 1 saturated carbocycles. The smallest absolute Gasteiger partial charge is 0.258 e. The standard InChI is InChI=1S/C16H21N3O2/c17-13-9-8-12(10-14(13)20)16-18-15(19-21-16)11-6-4-2-1-3-5-7-11/h8-11,20H,1-7,17H2. The van der Waals surface area contributed by atoms with Gasteiger partial charge in [-0.25, -0.2) is 0 Å².